The summed E-state index contributed by atoms with van der Waals surface area (Å²) in [6.45, 7) is 6.15. The van der Waals surface area contributed by atoms with Gasteiger partial charge in [0.15, 0.2) is 0 Å². The highest BCUT2D eigenvalue weighted by Crippen LogP contribution is 2.66. The number of esters is 1. The molecule has 27 heavy (non-hydrogen) atoms. The topological polar surface area (TPSA) is 86.5 Å². The zero-order valence-electron chi connectivity index (χ0n) is 16.8. The Morgan fingerprint density at radius 1 is 1.04 bits per heavy atom. The number of hydrogen-bond donors (Lipinski definition) is 1. The largest absolute Gasteiger partial charge is 0.462 e. The van der Waals surface area contributed by atoms with E-state index in [4.69, 9.17) is 10.5 Å². The van der Waals surface area contributed by atoms with Crippen LogP contribution in [0, 0.1) is 40.4 Å². The summed E-state index contributed by atoms with van der Waals surface area (Å²) in [6, 6.07) is 0. The van der Waals surface area contributed by atoms with Crippen LogP contribution >= 0.6 is 0 Å². The van der Waals surface area contributed by atoms with Crippen molar-refractivity contribution in [3.05, 3.63) is 0 Å². The second-order valence-electron chi connectivity index (χ2n) is 10.2. The molecular weight excluding hydrogens is 342 g/mol. The van der Waals surface area contributed by atoms with E-state index >= 15 is 0 Å². The van der Waals surface area contributed by atoms with Crippen molar-refractivity contribution in [2.45, 2.75) is 78.2 Å². The Labute approximate surface area is 161 Å². The summed E-state index contributed by atoms with van der Waals surface area (Å²) in [7, 11) is 0. The maximum Gasteiger partial charge on any atom is 0.302 e. The fourth-order valence-electron chi connectivity index (χ4n) is 7.73. The van der Waals surface area contributed by atoms with Crippen LogP contribution in [0.2, 0.25) is 0 Å². The number of Topliss-reactive ketones (excluding diaryl/α,β-unsaturated/α-hetero) is 1. The molecule has 4 aliphatic rings. The fraction of sp³-hybridized carbons (Fsp3) is 0.864. The fourth-order valence-corrected chi connectivity index (χ4v) is 7.73. The van der Waals surface area contributed by atoms with E-state index in [1.54, 1.807) is 0 Å². The molecular formula is C22H33NO4. The average Bonchev–Trinajstić information content (AvgIpc) is 2.91. The van der Waals surface area contributed by atoms with Crippen molar-refractivity contribution in [2.24, 2.45) is 46.2 Å². The molecule has 8 atom stereocenters. The summed E-state index contributed by atoms with van der Waals surface area (Å²) < 4.78 is 5.71. The first-order valence-corrected chi connectivity index (χ1v) is 10.7. The third-order valence-electron chi connectivity index (χ3n) is 9.11. The quantitative estimate of drug-likeness (QED) is 0.593. The molecule has 4 aliphatic carbocycles. The molecule has 0 aromatic heterocycles. The standard InChI is InChI=1S/C22H33NO4/c1-12(24)27-19-7-6-16-14-5-4-13-10-18(25)15(20(23)26)11-22(13,3)17(14)8-9-21(16,19)2/h13-17,19H,4-11H2,1-3H3,(H2,23,26)/t13-,14-,15?,16-,17-,19-,21-,22-/m0/s1. The average molecular weight is 376 g/mol. The molecule has 0 aromatic rings. The van der Waals surface area contributed by atoms with E-state index in [0.29, 0.717) is 36.5 Å². The predicted octanol–water partition coefficient (Wildman–Crippen LogP) is 3.24. The van der Waals surface area contributed by atoms with Crippen molar-refractivity contribution in [3.8, 4) is 0 Å². The smallest absolute Gasteiger partial charge is 0.302 e. The van der Waals surface area contributed by atoms with Gasteiger partial charge in [-0.15, -0.1) is 0 Å². The molecule has 4 rings (SSSR count). The highest BCUT2D eigenvalue weighted by atomic mass is 16.5. The summed E-state index contributed by atoms with van der Waals surface area (Å²) in [4.78, 5) is 35.9. The van der Waals surface area contributed by atoms with Gasteiger partial charge in [-0.05, 0) is 74.0 Å². The first-order chi connectivity index (χ1) is 12.7. The number of rotatable bonds is 2. The number of nitrogens with two attached hydrogens (primary N) is 1. The third-order valence-corrected chi connectivity index (χ3v) is 9.11. The zero-order valence-corrected chi connectivity index (χ0v) is 16.8. The van der Waals surface area contributed by atoms with Gasteiger partial charge in [-0.1, -0.05) is 13.8 Å². The second kappa shape index (κ2) is 6.31. The molecule has 150 valence electrons. The molecule has 5 heteroatoms. The Hall–Kier alpha value is -1.39. The lowest BCUT2D eigenvalue weighted by molar-refractivity contribution is -0.164. The van der Waals surface area contributed by atoms with Crippen LogP contribution in [0.5, 0.6) is 0 Å². The van der Waals surface area contributed by atoms with Gasteiger partial charge in [0.25, 0.3) is 0 Å². The number of carbonyl (C=O) groups excluding carboxylic acids is 3. The van der Waals surface area contributed by atoms with E-state index in [9.17, 15) is 14.4 Å². The van der Waals surface area contributed by atoms with Crippen molar-refractivity contribution in [1.29, 1.82) is 0 Å². The number of fused-ring (bicyclic) bond motifs is 5. The van der Waals surface area contributed by atoms with Gasteiger partial charge in [0.2, 0.25) is 5.91 Å². The third kappa shape index (κ3) is 2.75. The number of ketones is 1. The summed E-state index contributed by atoms with van der Waals surface area (Å²) in [6.07, 6.45) is 7.66. The lowest BCUT2D eigenvalue weighted by Gasteiger charge is -2.60. The molecule has 2 N–H and O–H groups in total. The van der Waals surface area contributed by atoms with Crippen molar-refractivity contribution >= 4 is 17.7 Å². The Kier molecular flexibility index (Phi) is 4.43. The molecule has 0 radical (unpaired) electrons. The monoisotopic (exact) mass is 375 g/mol. The first kappa shape index (κ1) is 18.9. The molecule has 4 saturated carbocycles. The highest BCUT2D eigenvalue weighted by Gasteiger charge is 2.62. The Morgan fingerprint density at radius 2 is 1.74 bits per heavy atom. The molecule has 4 fully saturated rings. The number of primary amides is 1. The van der Waals surface area contributed by atoms with E-state index < -0.39 is 11.8 Å². The summed E-state index contributed by atoms with van der Waals surface area (Å²) >= 11 is 0. The lowest BCUT2D eigenvalue weighted by atomic mass is 9.44. The Bertz CT molecular complexity index is 675. The molecule has 0 spiro atoms. The van der Waals surface area contributed by atoms with Gasteiger partial charge in [0, 0.05) is 18.8 Å². The molecule has 0 aliphatic heterocycles. The van der Waals surface area contributed by atoms with Crippen molar-refractivity contribution in [1.82, 2.24) is 0 Å². The van der Waals surface area contributed by atoms with Crippen molar-refractivity contribution in [3.63, 3.8) is 0 Å². The second-order valence-corrected chi connectivity index (χ2v) is 10.2. The van der Waals surface area contributed by atoms with Crippen LogP contribution in [-0.4, -0.2) is 23.8 Å². The molecule has 0 heterocycles. The molecule has 0 bridgehead atoms. The predicted molar refractivity (Wildman–Crippen MR) is 100 cm³/mol. The summed E-state index contributed by atoms with van der Waals surface area (Å²) in [5.41, 5.74) is 5.67. The minimum atomic E-state index is -0.601. The van der Waals surface area contributed by atoms with Crippen LogP contribution in [0.3, 0.4) is 0 Å². The van der Waals surface area contributed by atoms with Crippen molar-refractivity contribution < 1.29 is 19.1 Å². The van der Waals surface area contributed by atoms with Crippen LogP contribution in [0.15, 0.2) is 0 Å². The van der Waals surface area contributed by atoms with Crippen LogP contribution in [0.1, 0.15) is 72.1 Å². The normalized spacial score (nSPS) is 48.9. The van der Waals surface area contributed by atoms with Crippen LogP contribution in [0.25, 0.3) is 0 Å². The Balaban J connectivity index is 1.60. The molecule has 0 saturated heterocycles. The highest BCUT2D eigenvalue weighted by molar-refractivity contribution is 6.01. The first-order valence-electron chi connectivity index (χ1n) is 10.7. The van der Waals surface area contributed by atoms with E-state index in [0.717, 1.165) is 38.5 Å². The number of hydrogen-bond acceptors (Lipinski definition) is 4. The van der Waals surface area contributed by atoms with Crippen molar-refractivity contribution in [2.75, 3.05) is 0 Å². The maximum absolute atomic E-state index is 12.4. The van der Waals surface area contributed by atoms with E-state index in [-0.39, 0.29) is 28.7 Å². The molecule has 5 nitrogen and oxygen atoms in total. The summed E-state index contributed by atoms with van der Waals surface area (Å²) in [5, 5.41) is 0. The number of carbonyl (C=O) groups is 3. The van der Waals surface area contributed by atoms with Gasteiger partial charge in [-0.2, -0.15) is 0 Å². The van der Waals surface area contributed by atoms with Gasteiger partial charge >= 0.3 is 5.97 Å². The minimum Gasteiger partial charge on any atom is -0.462 e. The molecule has 0 aromatic carbocycles. The van der Waals surface area contributed by atoms with E-state index in [2.05, 4.69) is 13.8 Å². The zero-order chi connectivity index (χ0) is 19.6. The minimum absolute atomic E-state index is 0.0252. The number of amides is 1. The van der Waals surface area contributed by atoms with Gasteiger partial charge < -0.3 is 10.5 Å². The number of ether oxygens (including phenoxy) is 1. The molecule has 1 amide bonds. The van der Waals surface area contributed by atoms with Crippen LogP contribution in [0.4, 0.5) is 0 Å². The lowest BCUT2D eigenvalue weighted by Crippen LogP contribution is -2.56. The van der Waals surface area contributed by atoms with Gasteiger partial charge in [-0.3, -0.25) is 14.4 Å². The van der Waals surface area contributed by atoms with Gasteiger partial charge in [-0.25, -0.2) is 0 Å². The van der Waals surface area contributed by atoms with E-state index in [1.165, 1.54) is 6.92 Å². The maximum atomic E-state index is 12.4. The molecule has 1 unspecified atom stereocenters. The van der Waals surface area contributed by atoms with Gasteiger partial charge in [0.05, 0.1) is 5.92 Å². The SMILES string of the molecule is CC(=O)O[C@H]1CC[C@H]2[C@@H]3CC[C@H]4CC(=O)C(C(N)=O)C[C@]4(C)[C@H]3CC[C@]12C. The van der Waals surface area contributed by atoms with E-state index in [1.807, 2.05) is 0 Å². The van der Waals surface area contributed by atoms with Gasteiger partial charge in [0.1, 0.15) is 11.9 Å². The Morgan fingerprint density at radius 3 is 2.41 bits per heavy atom. The van der Waals surface area contributed by atoms with Crippen LogP contribution < -0.4 is 5.73 Å². The van der Waals surface area contributed by atoms with Crippen LogP contribution in [-0.2, 0) is 19.1 Å². The summed E-state index contributed by atoms with van der Waals surface area (Å²) in [5.74, 6) is 0.941.